The lowest BCUT2D eigenvalue weighted by atomic mass is 9.45. The highest BCUT2D eigenvalue weighted by Crippen LogP contribution is 2.61. The molecule has 0 spiro atoms. The van der Waals surface area contributed by atoms with Crippen LogP contribution in [-0.2, 0) is 17.8 Å². The maximum atomic E-state index is 14.2. The predicted octanol–water partition coefficient (Wildman–Crippen LogP) is 5.70. The van der Waals surface area contributed by atoms with Gasteiger partial charge in [-0.15, -0.1) is 0 Å². The lowest BCUT2D eigenvalue weighted by molar-refractivity contribution is -0.129. The third-order valence-corrected chi connectivity index (χ3v) is 12.8. The number of carbonyl (C=O) groups is 1. The molecule has 1 amide bonds. The van der Waals surface area contributed by atoms with Crippen LogP contribution in [0.1, 0.15) is 46.1 Å². The number of hydrogen-bond donors (Lipinski definition) is 1. The van der Waals surface area contributed by atoms with E-state index in [1.54, 1.807) is 17.6 Å². The van der Waals surface area contributed by atoms with Crippen LogP contribution in [0.25, 0.3) is 10.9 Å². The molecule has 4 atom stereocenters. The van der Waals surface area contributed by atoms with Crippen molar-refractivity contribution >= 4 is 57.6 Å². The Hall–Kier alpha value is -3.34. The van der Waals surface area contributed by atoms with Crippen molar-refractivity contribution in [2.75, 3.05) is 69.6 Å². The highest BCUT2D eigenvalue weighted by molar-refractivity contribution is 6.35. The molecule has 2 aromatic carbocycles. The average Bonchev–Trinajstić information content (AvgIpc) is 3.09. The van der Waals surface area contributed by atoms with Crippen molar-refractivity contribution < 1.29 is 4.79 Å². The molecule has 5 aliphatic rings. The van der Waals surface area contributed by atoms with E-state index >= 15 is 0 Å². The van der Waals surface area contributed by atoms with Gasteiger partial charge in [0.15, 0.2) is 5.96 Å². The monoisotopic (exact) mass is 720 g/mol. The fourth-order valence-electron chi connectivity index (χ4n) is 8.70. The quantitative estimate of drug-likeness (QED) is 0.258. The number of aryl methyl sites for hydroxylation is 1. The third-order valence-electron chi connectivity index (χ3n) is 12.2. The molecule has 8 rings (SSSR count). The number of guanidine groups is 1. The number of aliphatic imine (C=N–C) groups is 1. The minimum atomic E-state index is -0.0959. The molecule has 3 heterocycles. The van der Waals surface area contributed by atoms with Gasteiger partial charge < -0.3 is 24.9 Å². The molecule has 2 bridgehead atoms. The van der Waals surface area contributed by atoms with Crippen LogP contribution in [0.15, 0.2) is 46.2 Å². The second-order valence-corrected chi connectivity index (χ2v) is 16.3. The zero-order valence-corrected chi connectivity index (χ0v) is 31.5. The van der Waals surface area contributed by atoms with Gasteiger partial charge in [0.05, 0.1) is 16.9 Å². The normalized spacial score (nSPS) is 25.5. The molecular formula is C38H50Cl2N8O2. The van der Waals surface area contributed by atoms with Crippen molar-refractivity contribution in [3.8, 4) is 0 Å². The SMILES string of the molecule is CC(=O)N1CCN(c2nc3cc(NC(=NC4CC5CC(C4C)C5(C)C)N4CCN(C)CC4)ccc3c(=O)n2CCc2ccc(Cl)cc2Cl)CC1. The molecule has 12 heteroatoms. The van der Waals surface area contributed by atoms with E-state index in [9.17, 15) is 9.59 Å². The van der Waals surface area contributed by atoms with Gasteiger partial charge in [-0.1, -0.05) is 50.0 Å². The van der Waals surface area contributed by atoms with Gasteiger partial charge in [0.25, 0.3) is 5.56 Å². The van der Waals surface area contributed by atoms with Crippen LogP contribution < -0.4 is 15.8 Å². The van der Waals surface area contributed by atoms with E-state index in [0.717, 1.165) is 55.7 Å². The van der Waals surface area contributed by atoms with Crippen molar-refractivity contribution in [2.45, 2.75) is 59.5 Å². The molecule has 268 valence electrons. The van der Waals surface area contributed by atoms with Crippen molar-refractivity contribution in [2.24, 2.45) is 28.2 Å². The van der Waals surface area contributed by atoms with Crippen LogP contribution >= 0.6 is 23.2 Å². The van der Waals surface area contributed by atoms with Crippen molar-refractivity contribution in [1.82, 2.24) is 24.3 Å². The van der Waals surface area contributed by atoms with E-state index in [1.165, 1.54) is 6.42 Å². The standard InChI is InChI=1S/C38H50Cl2N8O2/c1-24-31-20-27(38(31,3)4)21-33(24)42-36(46-14-12-44(5)13-15-46)41-29-8-9-30-34(23-29)43-37(47-18-16-45(17-19-47)25(2)49)48(35(30)50)11-10-26-6-7-28(39)22-32(26)40/h6-9,22-24,27,31,33H,10-21H2,1-5H3,(H,41,42). The maximum absolute atomic E-state index is 14.2. The Morgan fingerprint density at radius 3 is 2.36 bits per heavy atom. The van der Waals surface area contributed by atoms with Crippen LogP contribution in [0.4, 0.5) is 11.6 Å². The molecule has 2 aliphatic heterocycles. The van der Waals surface area contributed by atoms with Gasteiger partial charge in [-0.25, -0.2) is 9.98 Å². The van der Waals surface area contributed by atoms with Crippen molar-refractivity contribution in [1.29, 1.82) is 0 Å². The largest absolute Gasteiger partial charge is 0.340 e. The zero-order chi connectivity index (χ0) is 35.3. The first-order valence-corrected chi connectivity index (χ1v) is 18.9. The Bertz CT molecular complexity index is 1840. The molecule has 50 heavy (non-hydrogen) atoms. The number of aromatic nitrogens is 2. The summed E-state index contributed by atoms with van der Waals surface area (Å²) in [5.41, 5.74) is 2.73. The van der Waals surface area contributed by atoms with Gasteiger partial charge in [0.2, 0.25) is 11.9 Å². The molecule has 1 aromatic heterocycles. The number of halogens is 2. The topological polar surface area (TPSA) is 89.3 Å². The highest BCUT2D eigenvalue weighted by Gasteiger charge is 2.56. The van der Waals surface area contributed by atoms with Crippen LogP contribution in [0.2, 0.25) is 10.0 Å². The second-order valence-electron chi connectivity index (χ2n) is 15.5. The summed E-state index contributed by atoms with van der Waals surface area (Å²) in [5.74, 6) is 3.56. The minimum absolute atomic E-state index is 0.0581. The number of nitrogens with zero attached hydrogens (tertiary/aromatic N) is 7. The summed E-state index contributed by atoms with van der Waals surface area (Å²) in [7, 11) is 2.17. The van der Waals surface area contributed by atoms with E-state index < -0.39 is 0 Å². The Kier molecular flexibility index (Phi) is 9.82. The molecular weight excluding hydrogens is 671 g/mol. The Morgan fingerprint density at radius 2 is 1.70 bits per heavy atom. The van der Waals surface area contributed by atoms with E-state index in [0.29, 0.717) is 83.3 Å². The van der Waals surface area contributed by atoms with Crippen LogP contribution in [0.5, 0.6) is 0 Å². The molecule has 10 nitrogen and oxygen atoms in total. The summed E-state index contributed by atoms with van der Waals surface area (Å²) in [4.78, 5) is 45.7. The Morgan fingerprint density at radius 1 is 0.980 bits per heavy atom. The smallest absolute Gasteiger partial charge is 0.262 e. The van der Waals surface area contributed by atoms with Crippen molar-refractivity contribution in [3.05, 3.63) is 62.4 Å². The number of piperazine rings is 2. The predicted molar refractivity (Wildman–Crippen MR) is 204 cm³/mol. The maximum Gasteiger partial charge on any atom is 0.262 e. The van der Waals surface area contributed by atoms with Gasteiger partial charge in [0.1, 0.15) is 0 Å². The van der Waals surface area contributed by atoms with Gasteiger partial charge in [-0.3, -0.25) is 14.2 Å². The number of amides is 1. The number of likely N-dealkylation sites (N-methyl/N-ethyl adjacent to an activating group) is 1. The number of rotatable bonds is 6. The average molecular weight is 722 g/mol. The minimum Gasteiger partial charge on any atom is -0.340 e. The Labute approximate surface area is 305 Å². The van der Waals surface area contributed by atoms with E-state index in [2.05, 4.69) is 47.8 Å². The molecule has 3 aliphatic carbocycles. The van der Waals surface area contributed by atoms with Gasteiger partial charge in [0, 0.05) is 81.6 Å². The lowest BCUT2D eigenvalue weighted by Crippen LogP contribution is -2.57. The molecule has 5 fully saturated rings. The zero-order valence-electron chi connectivity index (χ0n) is 30.0. The molecule has 2 saturated heterocycles. The lowest BCUT2D eigenvalue weighted by Gasteiger charge is -2.61. The fourth-order valence-corrected chi connectivity index (χ4v) is 9.20. The summed E-state index contributed by atoms with van der Waals surface area (Å²) in [6.45, 7) is 15.4. The number of benzene rings is 2. The second kappa shape index (κ2) is 14.0. The molecule has 1 N–H and O–H groups in total. The van der Waals surface area contributed by atoms with Crippen LogP contribution in [0, 0.1) is 23.2 Å². The molecule has 3 aromatic rings. The summed E-state index contributed by atoms with van der Waals surface area (Å²) in [6.07, 6.45) is 3.00. The van der Waals surface area contributed by atoms with E-state index in [4.69, 9.17) is 33.2 Å². The van der Waals surface area contributed by atoms with Gasteiger partial charge in [-0.2, -0.15) is 0 Å². The van der Waals surface area contributed by atoms with Gasteiger partial charge in [-0.05, 0) is 85.4 Å². The van der Waals surface area contributed by atoms with Crippen LogP contribution in [0.3, 0.4) is 0 Å². The summed E-state index contributed by atoms with van der Waals surface area (Å²) < 4.78 is 1.76. The Balaban J connectivity index is 1.21. The highest BCUT2D eigenvalue weighted by atomic mass is 35.5. The van der Waals surface area contributed by atoms with Crippen LogP contribution in [-0.4, -0.2) is 102 Å². The first-order chi connectivity index (χ1) is 23.9. The van der Waals surface area contributed by atoms with E-state index in [-0.39, 0.29) is 17.5 Å². The number of carbonyl (C=O) groups excluding carboxylic acids is 1. The fraction of sp³-hybridized carbons (Fsp3) is 0.579. The first-order valence-electron chi connectivity index (χ1n) is 18.2. The number of anilines is 2. The van der Waals surface area contributed by atoms with E-state index in [1.807, 2.05) is 35.2 Å². The number of hydrogen-bond acceptors (Lipinski definition) is 6. The summed E-state index contributed by atoms with van der Waals surface area (Å²) in [6, 6.07) is 11.6. The van der Waals surface area contributed by atoms with Crippen molar-refractivity contribution in [3.63, 3.8) is 0 Å². The molecule has 4 unspecified atom stereocenters. The summed E-state index contributed by atoms with van der Waals surface area (Å²) in [5, 5.41) is 5.42. The molecule has 3 saturated carbocycles. The third kappa shape index (κ3) is 6.83. The molecule has 0 radical (unpaired) electrons. The number of fused-ring (bicyclic) bond motifs is 3. The summed E-state index contributed by atoms with van der Waals surface area (Å²) >= 11 is 12.7. The van der Waals surface area contributed by atoms with Gasteiger partial charge >= 0.3 is 0 Å². The number of nitrogens with one attached hydrogen (secondary N) is 1. The first kappa shape index (κ1) is 35.1.